The topological polar surface area (TPSA) is 78.9 Å². The molecule has 0 radical (unpaired) electrons. The molecular formula is C21H18ClN5O2S. The molecule has 4 rings (SSSR count). The largest absolute Gasteiger partial charge is 0.496 e. The standard InChI is InChI=1S/C21H18ClN5O2S/c1-3-11-27-20(16-9-4-5-10-17(16)28-2)24-25-21(27)30-13-18-23-19(26-29-18)14-7-6-8-15(22)12-14/h3-10,12H,1,11,13H2,2H3. The van der Waals surface area contributed by atoms with Crippen molar-refractivity contribution in [3.05, 3.63) is 72.1 Å². The van der Waals surface area contributed by atoms with Gasteiger partial charge in [-0.1, -0.05) is 58.9 Å². The van der Waals surface area contributed by atoms with Crippen LogP contribution in [0.2, 0.25) is 5.02 Å². The summed E-state index contributed by atoms with van der Waals surface area (Å²) in [5.74, 6) is 2.88. The van der Waals surface area contributed by atoms with E-state index in [-0.39, 0.29) is 0 Å². The van der Waals surface area contributed by atoms with Gasteiger partial charge in [0.2, 0.25) is 11.7 Å². The Morgan fingerprint density at radius 3 is 2.87 bits per heavy atom. The van der Waals surface area contributed by atoms with Crippen LogP contribution in [0.3, 0.4) is 0 Å². The van der Waals surface area contributed by atoms with Crippen LogP contribution < -0.4 is 4.74 Å². The molecular weight excluding hydrogens is 422 g/mol. The third kappa shape index (κ3) is 4.24. The van der Waals surface area contributed by atoms with Crippen molar-refractivity contribution < 1.29 is 9.26 Å². The number of nitrogens with zero attached hydrogens (tertiary/aromatic N) is 5. The van der Waals surface area contributed by atoms with Gasteiger partial charge in [0.05, 0.1) is 18.4 Å². The smallest absolute Gasteiger partial charge is 0.237 e. The predicted octanol–water partition coefficient (Wildman–Crippen LogP) is 5.14. The van der Waals surface area contributed by atoms with Gasteiger partial charge in [0.15, 0.2) is 11.0 Å². The normalized spacial score (nSPS) is 10.9. The maximum atomic E-state index is 6.04. The second-order valence-electron chi connectivity index (χ2n) is 6.22. The van der Waals surface area contributed by atoms with Gasteiger partial charge in [-0.3, -0.25) is 4.57 Å². The summed E-state index contributed by atoms with van der Waals surface area (Å²) >= 11 is 7.50. The zero-order valence-electron chi connectivity index (χ0n) is 16.2. The first-order chi connectivity index (χ1) is 14.7. The molecule has 0 saturated carbocycles. The van der Waals surface area contributed by atoms with Crippen LogP contribution in [0, 0.1) is 0 Å². The monoisotopic (exact) mass is 439 g/mol. The lowest BCUT2D eigenvalue weighted by Crippen LogP contribution is -2.01. The molecule has 0 N–H and O–H groups in total. The Hall–Kier alpha value is -3.10. The summed E-state index contributed by atoms with van der Waals surface area (Å²) in [5, 5.41) is 14.1. The van der Waals surface area contributed by atoms with Gasteiger partial charge in [-0.2, -0.15) is 4.98 Å². The highest BCUT2D eigenvalue weighted by molar-refractivity contribution is 7.98. The number of rotatable bonds is 8. The van der Waals surface area contributed by atoms with Crippen LogP contribution in [-0.4, -0.2) is 32.0 Å². The van der Waals surface area contributed by atoms with Crippen molar-refractivity contribution in [3.63, 3.8) is 0 Å². The number of thioether (sulfide) groups is 1. The van der Waals surface area contributed by atoms with Crippen molar-refractivity contribution in [2.24, 2.45) is 0 Å². The van der Waals surface area contributed by atoms with Gasteiger partial charge in [-0.25, -0.2) is 0 Å². The molecule has 9 heteroatoms. The van der Waals surface area contributed by atoms with E-state index in [1.165, 1.54) is 11.8 Å². The quantitative estimate of drug-likeness (QED) is 0.278. The SMILES string of the molecule is C=CCn1c(SCc2nc(-c3cccc(Cl)c3)no2)nnc1-c1ccccc1OC. The van der Waals surface area contributed by atoms with Gasteiger partial charge in [0.1, 0.15) is 5.75 Å². The second kappa shape index (κ2) is 9.15. The van der Waals surface area contributed by atoms with Crippen LogP contribution in [0.5, 0.6) is 5.75 Å². The van der Waals surface area contributed by atoms with Crippen LogP contribution in [-0.2, 0) is 12.3 Å². The fourth-order valence-electron chi connectivity index (χ4n) is 2.90. The molecule has 4 aromatic rings. The van der Waals surface area contributed by atoms with Gasteiger partial charge < -0.3 is 9.26 Å². The van der Waals surface area contributed by atoms with Gasteiger partial charge in [-0.05, 0) is 24.3 Å². The van der Waals surface area contributed by atoms with Crippen molar-refractivity contribution in [1.29, 1.82) is 0 Å². The predicted molar refractivity (Wildman–Crippen MR) is 117 cm³/mol. The molecule has 0 amide bonds. The van der Waals surface area contributed by atoms with E-state index >= 15 is 0 Å². The number of benzene rings is 2. The molecule has 30 heavy (non-hydrogen) atoms. The molecule has 2 aromatic heterocycles. The highest BCUT2D eigenvalue weighted by Crippen LogP contribution is 2.32. The van der Waals surface area contributed by atoms with Crippen molar-refractivity contribution in [2.75, 3.05) is 7.11 Å². The number of hydrogen-bond acceptors (Lipinski definition) is 7. The van der Waals surface area contributed by atoms with Crippen LogP contribution in [0.15, 0.2) is 70.9 Å². The average Bonchev–Trinajstić information content (AvgIpc) is 3.40. The van der Waals surface area contributed by atoms with Crippen molar-refractivity contribution in [1.82, 2.24) is 24.9 Å². The van der Waals surface area contributed by atoms with Gasteiger partial charge >= 0.3 is 0 Å². The van der Waals surface area contributed by atoms with E-state index in [9.17, 15) is 0 Å². The van der Waals surface area contributed by atoms with E-state index in [0.29, 0.717) is 34.9 Å². The van der Waals surface area contributed by atoms with Crippen LogP contribution in [0.1, 0.15) is 5.89 Å². The van der Waals surface area contributed by atoms with E-state index in [1.54, 1.807) is 25.3 Å². The number of ether oxygens (including phenoxy) is 1. The maximum Gasteiger partial charge on any atom is 0.237 e. The van der Waals surface area contributed by atoms with Gasteiger partial charge in [0, 0.05) is 17.1 Å². The second-order valence-corrected chi connectivity index (χ2v) is 7.60. The molecule has 2 aromatic carbocycles. The van der Waals surface area contributed by atoms with E-state index in [1.807, 2.05) is 41.0 Å². The molecule has 0 aliphatic carbocycles. The fraction of sp³-hybridized carbons (Fsp3) is 0.143. The first-order valence-corrected chi connectivity index (χ1v) is 10.4. The molecule has 152 valence electrons. The lowest BCUT2D eigenvalue weighted by Gasteiger charge is -2.10. The minimum absolute atomic E-state index is 0.453. The minimum Gasteiger partial charge on any atom is -0.496 e. The molecule has 0 aliphatic rings. The number of allylic oxidation sites excluding steroid dienone is 1. The molecule has 7 nitrogen and oxygen atoms in total. The minimum atomic E-state index is 0.453. The summed E-state index contributed by atoms with van der Waals surface area (Å²) in [7, 11) is 1.63. The highest BCUT2D eigenvalue weighted by Gasteiger charge is 2.18. The Morgan fingerprint density at radius 1 is 1.20 bits per heavy atom. The number of para-hydroxylation sites is 1. The third-order valence-corrected chi connectivity index (χ3v) is 5.44. The van der Waals surface area contributed by atoms with Crippen molar-refractivity contribution >= 4 is 23.4 Å². The van der Waals surface area contributed by atoms with Crippen molar-refractivity contribution in [2.45, 2.75) is 17.5 Å². The number of aromatic nitrogens is 5. The van der Waals surface area contributed by atoms with E-state index in [2.05, 4.69) is 26.9 Å². The molecule has 0 spiro atoms. The third-order valence-electron chi connectivity index (χ3n) is 4.25. The Bertz CT molecular complexity index is 1170. The Morgan fingerprint density at radius 2 is 2.07 bits per heavy atom. The zero-order valence-corrected chi connectivity index (χ0v) is 17.7. The van der Waals surface area contributed by atoms with Gasteiger partial charge in [-0.15, -0.1) is 16.8 Å². The summed E-state index contributed by atoms with van der Waals surface area (Å²) in [6.45, 7) is 4.40. The molecule has 0 unspecified atom stereocenters. The molecule has 0 fully saturated rings. The van der Waals surface area contributed by atoms with E-state index < -0.39 is 0 Å². The first-order valence-electron chi connectivity index (χ1n) is 9.08. The molecule has 2 heterocycles. The van der Waals surface area contributed by atoms with E-state index in [0.717, 1.165) is 22.0 Å². The molecule has 0 atom stereocenters. The van der Waals surface area contributed by atoms with Crippen LogP contribution >= 0.6 is 23.4 Å². The maximum absolute atomic E-state index is 6.04. The average molecular weight is 440 g/mol. The summed E-state index contributed by atoms with van der Waals surface area (Å²) in [6, 6.07) is 15.0. The molecule has 0 aliphatic heterocycles. The summed E-state index contributed by atoms with van der Waals surface area (Å²) in [4.78, 5) is 4.45. The summed E-state index contributed by atoms with van der Waals surface area (Å²) in [6.07, 6.45) is 1.80. The summed E-state index contributed by atoms with van der Waals surface area (Å²) in [5.41, 5.74) is 1.66. The van der Waals surface area contributed by atoms with Crippen molar-refractivity contribution in [3.8, 4) is 28.5 Å². The molecule has 0 bridgehead atoms. The van der Waals surface area contributed by atoms with E-state index in [4.69, 9.17) is 20.9 Å². The Kier molecular flexibility index (Phi) is 6.15. The van der Waals surface area contributed by atoms with Gasteiger partial charge in [0.25, 0.3) is 0 Å². The zero-order chi connectivity index (χ0) is 20.9. The number of hydrogen-bond donors (Lipinski definition) is 0. The fourth-order valence-corrected chi connectivity index (χ4v) is 3.88. The molecule has 0 saturated heterocycles. The highest BCUT2D eigenvalue weighted by atomic mass is 35.5. The number of halogens is 1. The van der Waals surface area contributed by atoms with Crippen LogP contribution in [0.4, 0.5) is 0 Å². The lowest BCUT2D eigenvalue weighted by molar-refractivity contribution is 0.391. The Balaban J connectivity index is 1.56. The number of methoxy groups -OCH3 is 1. The summed E-state index contributed by atoms with van der Waals surface area (Å²) < 4.78 is 12.8. The first kappa shape index (κ1) is 20.2. The Labute approximate surface area is 182 Å². The lowest BCUT2D eigenvalue weighted by atomic mass is 10.2. The van der Waals surface area contributed by atoms with Crippen LogP contribution in [0.25, 0.3) is 22.8 Å².